The van der Waals surface area contributed by atoms with E-state index in [9.17, 15) is 4.79 Å². The molecule has 174 valence electrons. The van der Waals surface area contributed by atoms with Crippen LogP contribution < -0.4 is 5.32 Å². The molecule has 35 heavy (non-hydrogen) atoms. The van der Waals surface area contributed by atoms with E-state index in [1.54, 1.807) is 17.7 Å². The Morgan fingerprint density at radius 3 is 2.86 bits per heavy atom. The number of Topliss-reactive ketones (excluding diaryl/α,β-unsaturated/α-hetero) is 1. The van der Waals surface area contributed by atoms with Crippen LogP contribution in [0.15, 0.2) is 59.9 Å². The molecule has 0 bridgehead atoms. The Morgan fingerprint density at radius 2 is 2.00 bits per heavy atom. The van der Waals surface area contributed by atoms with Crippen LogP contribution >= 0.6 is 11.3 Å². The van der Waals surface area contributed by atoms with Gasteiger partial charge in [-0.25, -0.2) is 9.97 Å². The first-order valence-corrected chi connectivity index (χ1v) is 13.2. The van der Waals surface area contributed by atoms with Crippen molar-refractivity contribution in [3.05, 3.63) is 82.0 Å². The van der Waals surface area contributed by atoms with Crippen molar-refractivity contribution in [1.82, 2.24) is 9.97 Å². The number of benzene rings is 2. The van der Waals surface area contributed by atoms with Gasteiger partial charge in [0.15, 0.2) is 0 Å². The van der Waals surface area contributed by atoms with Crippen LogP contribution in [0.25, 0.3) is 10.2 Å². The summed E-state index contributed by atoms with van der Waals surface area (Å²) in [4.78, 5) is 29.3. The number of aromatic nitrogens is 2. The number of hydrogen-bond donors (Lipinski definition) is 1. The molecule has 2 aromatic heterocycles. The molecular weight excluding hydrogens is 452 g/mol. The summed E-state index contributed by atoms with van der Waals surface area (Å²) in [5.74, 6) is 1.39. The van der Waals surface area contributed by atoms with E-state index in [-0.39, 0.29) is 11.3 Å². The molecule has 4 aromatic rings. The van der Waals surface area contributed by atoms with Crippen molar-refractivity contribution in [3.63, 3.8) is 0 Å². The maximum Gasteiger partial charge on any atom is 0.142 e. The van der Waals surface area contributed by atoms with Crippen molar-refractivity contribution in [2.45, 2.75) is 50.5 Å². The fourth-order valence-electron chi connectivity index (χ4n) is 5.78. The predicted molar refractivity (Wildman–Crippen MR) is 141 cm³/mol. The highest BCUT2D eigenvalue weighted by Crippen LogP contribution is 2.52. The quantitative estimate of drug-likeness (QED) is 0.360. The van der Waals surface area contributed by atoms with Gasteiger partial charge >= 0.3 is 0 Å². The van der Waals surface area contributed by atoms with Crippen LogP contribution in [0.2, 0.25) is 0 Å². The van der Waals surface area contributed by atoms with Gasteiger partial charge in [0, 0.05) is 34.5 Å². The Hall–Kier alpha value is -3.38. The summed E-state index contributed by atoms with van der Waals surface area (Å²) in [5.41, 5.74) is 6.17. The maximum absolute atomic E-state index is 13.4. The van der Waals surface area contributed by atoms with Gasteiger partial charge in [-0.05, 0) is 66.5 Å². The maximum atomic E-state index is 13.4. The van der Waals surface area contributed by atoms with E-state index < -0.39 is 0 Å². The van der Waals surface area contributed by atoms with Gasteiger partial charge in [-0.15, -0.1) is 11.3 Å². The fourth-order valence-corrected chi connectivity index (χ4v) is 7.05. The minimum Gasteiger partial charge on any atom is -0.340 e. The third kappa shape index (κ3) is 3.67. The van der Waals surface area contributed by atoms with Gasteiger partial charge in [0.2, 0.25) is 0 Å². The Kier molecular flexibility index (Phi) is 4.84. The average molecular weight is 479 g/mol. The van der Waals surface area contributed by atoms with Crippen molar-refractivity contribution < 1.29 is 4.79 Å². The molecule has 0 radical (unpaired) electrons. The highest BCUT2D eigenvalue weighted by atomic mass is 32.1. The molecule has 1 atom stereocenters. The molecule has 0 saturated heterocycles. The third-order valence-corrected chi connectivity index (χ3v) is 9.12. The lowest BCUT2D eigenvalue weighted by atomic mass is 9.80. The van der Waals surface area contributed by atoms with Gasteiger partial charge in [-0.1, -0.05) is 36.4 Å². The normalized spacial score (nSPS) is 19.4. The van der Waals surface area contributed by atoms with Crippen molar-refractivity contribution in [2.75, 3.05) is 5.32 Å². The second-order valence-corrected chi connectivity index (χ2v) is 11.2. The topological polar surface area (TPSA) is 67.2 Å². The van der Waals surface area contributed by atoms with E-state index in [1.165, 1.54) is 21.6 Å². The van der Waals surface area contributed by atoms with Crippen LogP contribution in [0, 0.1) is 5.92 Å². The average Bonchev–Trinajstić information content (AvgIpc) is 3.34. The van der Waals surface area contributed by atoms with Crippen LogP contribution in [-0.4, -0.2) is 22.0 Å². The highest BCUT2D eigenvalue weighted by Gasteiger charge is 2.46. The highest BCUT2D eigenvalue weighted by molar-refractivity contribution is 7.19. The monoisotopic (exact) mass is 478 g/mol. The summed E-state index contributed by atoms with van der Waals surface area (Å²) in [6.45, 7) is 0.762. The number of nitrogens with zero attached hydrogens (tertiary/aromatic N) is 3. The first kappa shape index (κ1) is 20.9. The van der Waals surface area contributed by atoms with Crippen molar-refractivity contribution in [3.8, 4) is 0 Å². The first-order valence-electron chi connectivity index (χ1n) is 12.4. The zero-order chi connectivity index (χ0) is 23.4. The summed E-state index contributed by atoms with van der Waals surface area (Å²) in [5, 5.41) is 4.65. The van der Waals surface area contributed by atoms with Crippen LogP contribution in [0.3, 0.4) is 0 Å². The molecular formula is C29H26N4OS. The molecule has 1 N–H and O–H groups in total. The SMILES string of the molecule is O=C(CC1(c2ccccc2)CC1)C1CCc2c(sc3ncnc(Nc4ccc5c(c4)C=NC5)c23)C1. The molecule has 2 aliphatic carbocycles. The molecule has 0 spiro atoms. The lowest BCUT2D eigenvalue weighted by Gasteiger charge is -2.24. The molecule has 7 rings (SSSR count). The smallest absolute Gasteiger partial charge is 0.142 e. The van der Waals surface area contributed by atoms with E-state index in [0.29, 0.717) is 12.2 Å². The molecule has 3 heterocycles. The third-order valence-electron chi connectivity index (χ3n) is 7.95. The van der Waals surface area contributed by atoms with Crippen LogP contribution in [-0.2, 0) is 29.6 Å². The first-order chi connectivity index (χ1) is 17.2. The van der Waals surface area contributed by atoms with Crippen LogP contribution in [0.5, 0.6) is 0 Å². The minimum absolute atomic E-state index is 0.0852. The number of carbonyl (C=O) groups excluding carboxylic acids is 1. The molecule has 1 aliphatic heterocycles. The Labute approximate surface area is 208 Å². The van der Waals surface area contributed by atoms with Gasteiger partial charge in [0.1, 0.15) is 22.8 Å². The Balaban J connectivity index is 1.13. The lowest BCUT2D eigenvalue weighted by molar-refractivity contribution is -0.123. The summed E-state index contributed by atoms with van der Waals surface area (Å²) in [7, 11) is 0. The standard InChI is InChI=1S/C29H26N4OS/c34-24(14-29(10-11-29)21-4-2-1-3-5-21)18-7-9-23-25(13-18)35-28-26(23)27(31-17-32-28)33-22-8-6-19-15-30-16-20(19)12-22/h1-6,8,12,16-18H,7,9-11,13-15H2,(H,31,32,33). The Morgan fingerprint density at radius 1 is 1.11 bits per heavy atom. The molecule has 6 heteroatoms. The number of anilines is 2. The summed E-state index contributed by atoms with van der Waals surface area (Å²) < 4.78 is 0. The van der Waals surface area contributed by atoms with E-state index in [2.05, 4.69) is 68.8 Å². The van der Waals surface area contributed by atoms with E-state index in [0.717, 1.165) is 65.9 Å². The minimum atomic E-state index is 0.0852. The summed E-state index contributed by atoms with van der Waals surface area (Å²) in [6, 6.07) is 17.0. The molecule has 0 amide bonds. The van der Waals surface area contributed by atoms with Crippen molar-refractivity contribution in [1.29, 1.82) is 0 Å². The van der Waals surface area contributed by atoms with Gasteiger partial charge in [0.05, 0.1) is 11.9 Å². The molecule has 3 aliphatic rings. The zero-order valence-corrected chi connectivity index (χ0v) is 20.3. The number of aryl methyl sites for hydroxylation is 1. The number of thiophene rings is 1. The zero-order valence-electron chi connectivity index (χ0n) is 19.5. The van der Waals surface area contributed by atoms with E-state index >= 15 is 0 Å². The molecule has 5 nitrogen and oxygen atoms in total. The molecule has 2 aromatic carbocycles. The molecule has 1 unspecified atom stereocenters. The molecule has 1 fully saturated rings. The predicted octanol–water partition coefficient (Wildman–Crippen LogP) is 6.16. The van der Waals surface area contributed by atoms with Gasteiger partial charge in [0.25, 0.3) is 0 Å². The van der Waals surface area contributed by atoms with Gasteiger partial charge < -0.3 is 5.32 Å². The number of fused-ring (bicyclic) bond motifs is 4. The Bertz CT molecular complexity index is 1490. The van der Waals surface area contributed by atoms with E-state index in [4.69, 9.17) is 0 Å². The summed E-state index contributed by atoms with van der Waals surface area (Å²) >= 11 is 1.73. The number of rotatable bonds is 6. The number of ketones is 1. The van der Waals surface area contributed by atoms with Crippen LogP contribution in [0.4, 0.5) is 11.5 Å². The largest absolute Gasteiger partial charge is 0.340 e. The summed E-state index contributed by atoms with van der Waals surface area (Å²) in [6.07, 6.45) is 9.15. The fraction of sp³-hybridized carbons (Fsp3) is 0.310. The van der Waals surface area contributed by atoms with E-state index in [1.807, 2.05) is 6.21 Å². The van der Waals surface area contributed by atoms with Gasteiger partial charge in [-0.2, -0.15) is 0 Å². The second kappa shape index (κ2) is 8.09. The lowest BCUT2D eigenvalue weighted by Crippen LogP contribution is -2.25. The second-order valence-electron chi connectivity index (χ2n) is 10.1. The molecule has 1 saturated carbocycles. The number of carbonyl (C=O) groups is 1. The van der Waals surface area contributed by atoms with Crippen molar-refractivity contribution in [2.24, 2.45) is 10.9 Å². The van der Waals surface area contributed by atoms with Crippen molar-refractivity contribution >= 4 is 45.1 Å². The van der Waals surface area contributed by atoms with Gasteiger partial charge in [-0.3, -0.25) is 9.79 Å². The number of nitrogens with one attached hydrogen (secondary N) is 1. The number of hydrogen-bond acceptors (Lipinski definition) is 6. The van der Waals surface area contributed by atoms with Crippen LogP contribution in [0.1, 0.15) is 52.8 Å². The number of aliphatic imine (C=N–C) groups is 1.